The van der Waals surface area contributed by atoms with Gasteiger partial charge in [0.15, 0.2) is 5.78 Å². The second-order valence-corrected chi connectivity index (χ2v) is 6.34. The lowest BCUT2D eigenvalue weighted by atomic mass is 10.1. The Bertz CT molecular complexity index is 731. The van der Waals surface area contributed by atoms with Crippen molar-refractivity contribution in [3.63, 3.8) is 0 Å². The van der Waals surface area contributed by atoms with Crippen molar-refractivity contribution in [1.82, 2.24) is 4.98 Å². The van der Waals surface area contributed by atoms with Crippen LogP contribution in [0, 0.1) is 0 Å². The highest BCUT2D eigenvalue weighted by Crippen LogP contribution is 2.25. The first kappa shape index (κ1) is 13.3. The van der Waals surface area contributed by atoms with Crippen molar-refractivity contribution in [2.24, 2.45) is 0 Å². The first-order chi connectivity index (χ1) is 9.78. The zero-order valence-corrected chi connectivity index (χ0v) is 12.6. The van der Waals surface area contributed by atoms with Gasteiger partial charge in [0.2, 0.25) is 0 Å². The van der Waals surface area contributed by atoms with Gasteiger partial charge >= 0.3 is 0 Å². The van der Waals surface area contributed by atoms with Crippen molar-refractivity contribution in [1.29, 1.82) is 0 Å². The Morgan fingerprint density at radius 3 is 2.70 bits per heavy atom. The molecule has 0 aliphatic heterocycles. The summed E-state index contributed by atoms with van der Waals surface area (Å²) in [5, 5.41) is 0.882. The molecule has 2 nitrogen and oxygen atoms in total. The van der Waals surface area contributed by atoms with E-state index in [1.807, 2.05) is 54.8 Å². The topological polar surface area (TPSA) is 30.0 Å². The van der Waals surface area contributed by atoms with Crippen LogP contribution in [0.15, 0.2) is 53.4 Å². The van der Waals surface area contributed by atoms with Crippen molar-refractivity contribution < 1.29 is 4.79 Å². The van der Waals surface area contributed by atoms with Crippen LogP contribution in [-0.2, 0) is 6.42 Å². The van der Waals surface area contributed by atoms with Crippen LogP contribution in [0.4, 0.5) is 0 Å². The second-order valence-electron chi connectivity index (χ2n) is 4.38. The standard InChI is InChI=1S/C16H13NOS2/c1-19-14-8-4-2-6-11(14)13(18)10-16-17-12-7-3-5-9-15(12)20-16/h2-9H,10H2,1H3. The largest absolute Gasteiger partial charge is 0.294 e. The number of rotatable bonds is 4. The maximum atomic E-state index is 12.4. The van der Waals surface area contributed by atoms with Crippen molar-refractivity contribution in [2.45, 2.75) is 11.3 Å². The van der Waals surface area contributed by atoms with Gasteiger partial charge in [0.1, 0.15) is 5.01 Å². The number of hydrogen-bond donors (Lipinski definition) is 0. The molecule has 0 spiro atoms. The molecular weight excluding hydrogens is 286 g/mol. The fraction of sp³-hybridized carbons (Fsp3) is 0.125. The average molecular weight is 299 g/mol. The van der Waals surface area contributed by atoms with Gasteiger partial charge in [-0.15, -0.1) is 23.1 Å². The van der Waals surface area contributed by atoms with Crippen molar-refractivity contribution >= 4 is 39.1 Å². The molecule has 0 radical (unpaired) electrons. The highest BCUT2D eigenvalue weighted by molar-refractivity contribution is 7.98. The number of fused-ring (bicyclic) bond motifs is 1. The van der Waals surface area contributed by atoms with Gasteiger partial charge in [0.25, 0.3) is 0 Å². The van der Waals surface area contributed by atoms with Crippen LogP contribution in [0.3, 0.4) is 0 Å². The Morgan fingerprint density at radius 2 is 1.90 bits per heavy atom. The molecule has 20 heavy (non-hydrogen) atoms. The molecule has 0 saturated heterocycles. The summed E-state index contributed by atoms with van der Waals surface area (Å²) in [7, 11) is 0. The maximum Gasteiger partial charge on any atom is 0.170 e. The number of carbonyl (C=O) groups is 1. The summed E-state index contributed by atoms with van der Waals surface area (Å²) in [6.07, 6.45) is 2.36. The van der Waals surface area contributed by atoms with Gasteiger partial charge in [-0.05, 0) is 24.5 Å². The molecule has 0 aliphatic carbocycles. The molecule has 3 aromatic rings. The molecule has 0 saturated carbocycles. The van der Waals surface area contributed by atoms with E-state index in [1.54, 1.807) is 23.1 Å². The highest BCUT2D eigenvalue weighted by Gasteiger charge is 2.13. The molecule has 0 amide bonds. The summed E-state index contributed by atoms with van der Waals surface area (Å²) in [5.41, 5.74) is 1.76. The van der Waals surface area contributed by atoms with E-state index >= 15 is 0 Å². The van der Waals surface area contributed by atoms with Crippen LogP contribution in [0.2, 0.25) is 0 Å². The Labute approximate surface area is 125 Å². The van der Waals surface area contributed by atoms with Crippen LogP contribution in [0.5, 0.6) is 0 Å². The SMILES string of the molecule is CSc1ccccc1C(=O)Cc1nc2ccccc2s1. The molecular formula is C16H13NOS2. The average Bonchev–Trinajstić information content (AvgIpc) is 2.89. The van der Waals surface area contributed by atoms with E-state index in [-0.39, 0.29) is 5.78 Å². The smallest absolute Gasteiger partial charge is 0.170 e. The normalized spacial score (nSPS) is 10.8. The molecule has 1 heterocycles. The molecule has 4 heteroatoms. The third-order valence-electron chi connectivity index (χ3n) is 3.06. The van der Waals surface area contributed by atoms with Crippen LogP contribution in [0.1, 0.15) is 15.4 Å². The summed E-state index contributed by atoms with van der Waals surface area (Å²) in [4.78, 5) is 18.0. The minimum absolute atomic E-state index is 0.133. The van der Waals surface area contributed by atoms with Crippen LogP contribution < -0.4 is 0 Å². The van der Waals surface area contributed by atoms with Crippen LogP contribution in [-0.4, -0.2) is 17.0 Å². The zero-order valence-electron chi connectivity index (χ0n) is 11.0. The Morgan fingerprint density at radius 1 is 1.15 bits per heavy atom. The number of benzene rings is 2. The van der Waals surface area contributed by atoms with Gasteiger partial charge in [0, 0.05) is 10.5 Å². The van der Waals surface area contributed by atoms with Gasteiger partial charge in [-0.2, -0.15) is 0 Å². The molecule has 2 aromatic carbocycles. The van der Waals surface area contributed by atoms with E-state index in [0.29, 0.717) is 6.42 Å². The van der Waals surface area contributed by atoms with Crippen molar-refractivity contribution in [2.75, 3.05) is 6.26 Å². The number of thioether (sulfide) groups is 1. The predicted octanol–water partition coefficient (Wildman–Crippen LogP) is 4.44. The minimum Gasteiger partial charge on any atom is -0.294 e. The molecule has 0 atom stereocenters. The van der Waals surface area contributed by atoms with Crippen molar-refractivity contribution in [3.8, 4) is 0 Å². The first-order valence-corrected chi connectivity index (χ1v) is 8.33. The summed E-state index contributed by atoms with van der Waals surface area (Å²) in [5.74, 6) is 0.133. The summed E-state index contributed by atoms with van der Waals surface area (Å²) >= 11 is 3.20. The first-order valence-electron chi connectivity index (χ1n) is 6.28. The molecule has 0 bridgehead atoms. The van der Waals surface area contributed by atoms with Gasteiger partial charge in [0.05, 0.1) is 16.6 Å². The van der Waals surface area contributed by atoms with Crippen molar-refractivity contribution in [3.05, 3.63) is 59.1 Å². The molecule has 0 fully saturated rings. The fourth-order valence-electron chi connectivity index (χ4n) is 2.10. The lowest BCUT2D eigenvalue weighted by Crippen LogP contribution is -2.04. The van der Waals surface area contributed by atoms with Gasteiger partial charge in [-0.1, -0.05) is 30.3 Å². The van der Waals surface area contributed by atoms with E-state index in [1.165, 1.54) is 0 Å². The lowest BCUT2D eigenvalue weighted by molar-refractivity contribution is 0.0990. The molecule has 0 unspecified atom stereocenters. The van der Waals surface area contributed by atoms with Gasteiger partial charge < -0.3 is 0 Å². The Kier molecular flexibility index (Phi) is 3.85. The van der Waals surface area contributed by atoms with E-state index in [9.17, 15) is 4.79 Å². The lowest BCUT2D eigenvalue weighted by Gasteiger charge is -2.04. The summed E-state index contributed by atoms with van der Waals surface area (Å²) in [6, 6.07) is 15.7. The number of hydrogen-bond acceptors (Lipinski definition) is 4. The van der Waals surface area contributed by atoms with Gasteiger partial charge in [-0.3, -0.25) is 4.79 Å². The number of thiazole rings is 1. The van der Waals surface area contributed by atoms with Crippen LogP contribution >= 0.6 is 23.1 Å². The van der Waals surface area contributed by atoms with Gasteiger partial charge in [-0.25, -0.2) is 4.98 Å². The third-order valence-corrected chi connectivity index (χ3v) is 4.89. The molecule has 0 N–H and O–H groups in total. The minimum atomic E-state index is 0.133. The fourth-order valence-corrected chi connectivity index (χ4v) is 3.69. The van der Waals surface area contributed by atoms with E-state index in [0.717, 1.165) is 25.7 Å². The number of ketones is 1. The number of aromatic nitrogens is 1. The monoisotopic (exact) mass is 299 g/mol. The van der Waals surface area contributed by atoms with Crippen LogP contribution in [0.25, 0.3) is 10.2 Å². The summed E-state index contributed by atoms with van der Waals surface area (Å²) < 4.78 is 1.13. The quantitative estimate of drug-likeness (QED) is 0.527. The number of nitrogens with zero attached hydrogens (tertiary/aromatic N) is 1. The van der Waals surface area contributed by atoms with E-state index in [2.05, 4.69) is 4.98 Å². The third kappa shape index (κ3) is 2.62. The zero-order chi connectivity index (χ0) is 13.9. The molecule has 0 aliphatic rings. The second kappa shape index (κ2) is 5.77. The Balaban J connectivity index is 1.88. The molecule has 1 aromatic heterocycles. The van der Waals surface area contributed by atoms with E-state index in [4.69, 9.17) is 0 Å². The number of para-hydroxylation sites is 1. The summed E-state index contributed by atoms with van der Waals surface area (Å²) in [6.45, 7) is 0. The maximum absolute atomic E-state index is 12.4. The Hall–Kier alpha value is -1.65. The van der Waals surface area contributed by atoms with E-state index < -0.39 is 0 Å². The number of carbonyl (C=O) groups excluding carboxylic acids is 1. The highest BCUT2D eigenvalue weighted by atomic mass is 32.2. The number of Topliss-reactive ketones (excluding diaryl/α,β-unsaturated/α-hetero) is 1. The predicted molar refractivity (Wildman–Crippen MR) is 85.9 cm³/mol. The molecule has 3 rings (SSSR count). The molecule has 100 valence electrons.